The summed E-state index contributed by atoms with van der Waals surface area (Å²) in [4.78, 5) is 25.0. The van der Waals surface area contributed by atoms with Crippen molar-refractivity contribution in [2.45, 2.75) is 320 Å². The molecule has 1 fully saturated rings. The lowest BCUT2D eigenvalue weighted by molar-refractivity contribution is -0.302. The summed E-state index contributed by atoms with van der Waals surface area (Å²) < 4.78 is 16.7. The Hall–Kier alpha value is -1.60. The van der Waals surface area contributed by atoms with Crippen LogP contribution in [0, 0.1) is 0 Å². The van der Waals surface area contributed by atoms with E-state index in [9.17, 15) is 35.1 Å². The first-order valence-electron chi connectivity index (χ1n) is 29.0. The van der Waals surface area contributed by atoms with Crippen LogP contribution in [0.3, 0.4) is 0 Å². The summed E-state index contributed by atoms with van der Waals surface area (Å²) in [6.07, 6.45) is 44.3. The highest BCUT2D eigenvalue weighted by Gasteiger charge is 2.44. The first-order chi connectivity index (χ1) is 33.2. The van der Waals surface area contributed by atoms with Crippen molar-refractivity contribution in [1.82, 2.24) is 5.32 Å². The summed E-state index contributed by atoms with van der Waals surface area (Å²) in [5, 5.41) is 54.3. The minimum atomic E-state index is -1.57. The number of amides is 1. The van der Waals surface area contributed by atoms with Crippen LogP contribution in [0.2, 0.25) is 0 Å². The third-order valence-corrected chi connectivity index (χ3v) is 13.9. The van der Waals surface area contributed by atoms with Crippen LogP contribution in [-0.2, 0) is 23.8 Å². The molecule has 0 aromatic heterocycles. The van der Waals surface area contributed by atoms with Crippen molar-refractivity contribution in [1.29, 1.82) is 0 Å². The molecule has 1 amide bonds. The maximum absolute atomic E-state index is 13.0. The predicted octanol–water partition coefficient (Wildman–Crippen LogP) is 12.8. The average molecular weight is 968 g/mol. The monoisotopic (exact) mass is 968 g/mol. The molecule has 1 heterocycles. The first kappa shape index (κ1) is 64.4. The zero-order valence-electron chi connectivity index (χ0n) is 44.1. The second-order valence-corrected chi connectivity index (χ2v) is 20.4. The second kappa shape index (κ2) is 47.7. The van der Waals surface area contributed by atoms with Gasteiger partial charge in [0, 0.05) is 12.8 Å². The van der Waals surface area contributed by atoms with Gasteiger partial charge in [-0.05, 0) is 32.1 Å². The summed E-state index contributed by atoms with van der Waals surface area (Å²) in [7, 11) is 0. The van der Waals surface area contributed by atoms with Gasteiger partial charge < -0.3 is 45.1 Å². The number of aliphatic hydroxyl groups is 5. The fraction of sp³-hybridized carbons (Fsp3) is 0.930. The van der Waals surface area contributed by atoms with Gasteiger partial charge in [0.05, 0.1) is 32.0 Å². The molecule has 0 bridgehead atoms. The fourth-order valence-electron chi connectivity index (χ4n) is 9.26. The summed E-state index contributed by atoms with van der Waals surface area (Å²) in [6, 6.07) is -0.812. The molecule has 7 atom stereocenters. The fourth-order valence-corrected chi connectivity index (χ4v) is 9.26. The molecule has 402 valence electrons. The zero-order valence-corrected chi connectivity index (χ0v) is 44.1. The molecule has 68 heavy (non-hydrogen) atoms. The predicted molar refractivity (Wildman–Crippen MR) is 278 cm³/mol. The molecule has 0 aliphatic carbocycles. The van der Waals surface area contributed by atoms with Crippen molar-refractivity contribution in [2.75, 3.05) is 19.8 Å². The molecule has 1 aliphatic heterocycles. The van der Waals surface area contributed by atoms with E-state index in [1.165, 1.54) is 186 Å². The average Bonchev–Trinajstić information content (AvgIpc) is 3.33. The normalized spacial score (nSPS) is 19.4. The number of esters is 1. The molecule has 0 radical (unpaired) electrons. The molecular formula is C57H109NO10. The van der Waals surface area contributed by atoms with Gasteiger partial charge in [-0.1, -0.05) is 244 Å². The topological polar surface area (TPSA) is 175 Å². The molecule has 6 N–H and O–H groups in total. The molecule has 0 aromatic rings. The second-order valence-electron chi connectivity index (χ2n) is 20.4. The van der Waals surface area contributed by atoms with Crippen molar-refractivity contribution in [3.8, 4) is 0 Å². The van der Waals surface area contributed by atoms with E-state index in [0.29, 0.717) is 19.4 Å². The lowest BCUT2D eigenvalue weighted by Crippen LogP contribution is -2.60. The molecule has 7 unspecified atom stereocenters. The van der Waals surface area contributed by atoms with Gasteiger partial charge >= 0.3 is 5.97 Å². The van der Waals surface area contributed by atoms with Crippen molar-refractivity contribution < 1.29 is 49.3 Å². The minimum absolute atomic E-state index is 0.0114. The van der Waals surface area contributed by atoms with Crippen LogP contribution in [0.4, 0.5) is 0 Å². The quantitative estimate of drug-likeness (QED) is 0.0196. The van der Waals surface area contributed by atoms with Crippen LogP contribution in [-0.4, -0.2) is 100 Å². The van der Waals surface area contributed by atoms with Gasteiger partial charge in [-0.25, -0.2) is 0 Å². The van der Waals surface area contributed by atoms with Crippen LogP contribution in [0.15, 0.2) is 12.2 Å². The third-order valence-electron chi connectivity index (χ3n) is 13.9. The van der Waals surface area contributed by atoms with E-state index in [2.05, 4.69) is 19.2 Å². The minimum Gasteiger partial charge on any atom is -0.466 e. The molecule has 1 aliphatic rings. The molecule has 1 saturated heterocycles. The summed E-state index contributed by atoms with van der Waals surface area (Å²) in [5.41, 5.74) is 0. The molecule has 0 aromatic carbocycles. The maximum Gasteiger partial charge on any atom is 0.305 e. The number of hydrogen-bond donors (Lipinski definition) is 6. The van der Waals surface area contributed by atoms with Gasteiger partial charge in [-0.2, -0.15) is 0 Å². The molecule has 11 nitrogen and oxygen atoms in total. The number of hydrogen-bond acceptors (Lipinski definition) is 10. The van der Waals surface area contributed by atoms with Gasteiger partial charge in [-0.15, -0.1) is 0 Å². The third kappa shape index (κ3) is 37.2. The molecular weight excluding hydrogens is 859 g/mol. The van der Waals surface area contributed by atoms with Gasteiger partial charge in [0.15, 0.2) is 6.29 Å². The van der Waals surface area contributed by atoms with Crippen LogP contribution < -0.4 is 5.32 Å². The highest BCUT2D eigenvalue weighted by atomic mass is 16.7. The Morgan fingerprint density at radius 3 is 1.37 bits per heavy atom. The SMILES string of the molecule is CCCCCCCCCCCC/C=C/C(O)C(COC1OC(CO)C(O)C(O)C1O)NC(=O)CCCCCCCCCCCCCCCCCCCOC(=O)CCCCCCCCCCCCC. The van der Waals surface area contributed by atoms with Crippen LogP contribution in [0.5, 0.6) is 0 Å². The summed E-state index contributed by atoms with van der Waals surface area (Å²) in [6.45, 7) is 4.33. The number of carbonyl (C=O) groups excluding carboxylic acids is 2. The highest BCUT2D eigenvalue weighted by Crippen LogP contribution is 2.23. The maximum atomic E-state index is 13.0. The lowest BCUT2D eigenvalue weighted by Gasteiger charge is -2.40. The number of ether oxygens (including phenoxy) is 3. The van der Waals surface area contributed by atoms with Gasteiger partial charge in [0.1, 0.15) is 24.4 Å². The molecule has 1 rings (SSSR count). The van der Waals surface area contributed by atoms with E-state index < -0.39 is 49.5 Å². The Bertz CT molecular complexity index is 1140. The first-order valence-corrected chi connectivity index (χ1v) is 29.0. The molecule has 0 saturated carbocycles. The Balaban J connectivity index is 2.10. The van der Waals surface area contributed by atoms with Crippen molar-refractivity contribution in [3.05, 3.63) is 12.2 Å². The molecule has 0 spiro atoms. The standard InChI is InChI=1S/C57H109NO10/c1-3-5-7-9-11-13-15-24-27-31-35-39-43-50(60)49(48-67-57-56(65)55(64)54(63)51(47-59)68-57)58-52(61)44-40-36-32-28-25-21-19-17-16-18-20-22-26-30-34-38-42-46-66-53(62)45-41-37-33-29-23-14-12-10-8-6-4-2/h39,43,49-51,54-57,59-60,63-65H,3-38,40-42,44-48H2,1-2H3,(H,58,61)/b43-39+. The van der Waals surface area contributed by atoms with Crippen LogP contribution >= 0.6 is 0 Å². The summed E-state index contributed by atoms with van der Waals surface area (Å²) >= 11 is 0. The van der Waals surface area contributed by atoms with E-state index in [1.807, 2.05) is 6.08 Å². The van der Waals surface area contributed by atoms with Crippen LogP contribution in [0.25, 0.3) is 0 Å². The smallest absolute Gasteiger partial charge is 0.305 e. The largest absolute Gasteiger partial charge is 0.466 e. The Labute approximate surface area is 417 Å². The van der Waals surface area contributed by atoms with Crippen LogP contribution in [0.1, 0.15) is 277 Å². The Kier molecular flexibility index (Phi) is 45.2. The van der Waals surface area contributed by atoms with E-state index in [4.69, 9.17) is 14.2 Å². The number of carbonyl (C=O) groups is 2. The van der Waals surface area contributed by atoms with Crippen molar-refractivity contribution >= 4 is 11.9 Å². The van der Waals surface area contributed by atoms with E-state index in [1.54, 1.807) is 6.08 Å². The number of unbranched alkanes of at least 4 members (excludes halogenated alkanes) is 36. The highest BCUT2D eigenvalue weighted by molar-refractivity contribution is 5.76. The number of allylic oxidation sites excluding steroid dienone is 1. The Morgan fingerprint density at radius 2 is 0.926 bits per heavy atom. The van der Waals surface area contributed by atoms with Gasteiger partial charge in [-0.3, -0.25) is 9.59 Å². The number of nitrogens with one attached hydrogen (secondary N) is 1. The lowest BCUT2D eigenvalue weighted by atomic mass is 9.99. The number of aliphatic hydroxyl groups excluding tert-OH is 5. The van der Waals surface area contributed by atoms with Crippen molar-refractivity contribution in [3.63, 3.8) is 0 Å². The number of rotatable bonds is 50. The van der Waals surface area contributed by atoms with Gasteiger partial charge in [0.25, 0.3) is 0 Å². The van der Waals surface area contributed by atoms with E-state index in [-0.39, 0.29) is 18.5 Å². The van der Waals surface area contributed by atoms with E-state index >= 15 is 0 Å². The van der Waals surface area contributed by atoms with Crippen molar-refractivity contribution in [2.24, 2.45) is 0 Å². The zero-order chi connectivity index (χ0) is 49.6. The van der Waals surface area contributed by atoms with Gasteiger partial charge in [0.2, 0.25) is 5.91 Å². The Morgan fingerprint density at radius 1 is 0.529 bits per heavy atom. The van der Waals surface area contributed by atoms with E-state index in [0.717, 1.165) is 64.2 Å². The molecule has 11 heteroatoms. The summed E-state index contributed by atoms with van der Waals surface area (Å²) in [5.74, 6) is -0.198.